The number of ether oxygens (including phenoxy) is 1. The summed E-state index contributed by atoms with van der Waals surface area (Å²) in [6.07, 6.45) is -4.59. The van der Waals surface area contributed by atoms with Crippen LogP contribution in [-0.4, -0.2) is 42.2 Å². The molecule has 27 heavy (non-hydrogen) atoms. The zero-order valence-electron chi connectivity index (χ0n) is 14.2. The van der Waals surface area contributed by atoms with E-state index in [0.29, 0.717) is 31.9 Å². The fourth-order valence-corrected chi connectivity index (χ4v) is 3.94. The maximum Gasteiger partial charge on any atom is 0.418 e. The summed E-state index contributed by atoms with van der Waals surface area (Å²) in [5.41, 5.74) is -1.74. The summed E-state index contributed by atoms with van der Waals surface area (Å²) >= 11 is 0. The Morgan fingerprint density at radius 1 is 1.07 bits per heavy atom. The van der Waals surface area contributed by atoms with Crippen LogP contribution in [0.4, 0.5) is 18.9 Å². The van der Waals surface area contributed by atoms with Gasteiger partial charge in [0.2, 0.25) is 0 Å². The molecule has 2 aliphatic rings. The molecule has 0 aliphatic carbocycles. The van der Waals surface area contributed by atoms with E-state index in [1.165, 1.54) is 18.2 Å². The number of hydrogen-bond donors (Lipinski definition) is 2. The number of benzene rings is 2. The first-order chi connectivity index (χ1) is 12.8. The number of halogens is 3. The molecule has 5 nitrogen and oxygen atoms in total. The second-order valence-electron chi connectivity index (χ2n) is 6.54. The predicted molar refractivity (Wildman–Crippen MR) is 91.4 cm³/mol. The van der Waals surface area contributed by atoms with Crippen LogP contribution in [0.25, 0.3) is 0 Å². The number of phenolic OH excluding ortho intramolecular Hbond substituents is 1. The number of rotatable bonds is 2. The van der Waals surface area contributed by atoms with Crippen molar-refractivity contribution in [2.24, 2.45) is 0 Å². The molecular formula is C19H17F3N2O3. The topological polar surface area (TPSA) is 61.8 Å². The lowest BCUT2D eigenvalue weighted by molar-refractivity contribution is -0.137. The number of para-hydroxylation sites is 1. The van der Waals surface area contributed by atoms with Crippen LogP contribution in [0.1, 0.15) is 16.7 Å². The van der Waals surface area contributed by atoms with Crippen molar-refractivity contribution >= 4 is 11.6 Å². The first-order valence-electron chi connectivity index (χ1n) is 8.49. The first kappa shape index (κ1) is 17.8. The molecule has 2 N–H and O–H groups in total. The van der Waals surface area contributed by atoms with Crippen molar-refractivity contribution < 1.29 is 27.8 Å². The highest BCUT2D eigenvalue weighted by molar-refractivity contribution is 6.09. The largest absolute Gasteiger partial charge is 0.508 e. The van der Waals surface area contributed by atoms with Gasteiger partial charge in [0.25, 0.3) is 5.91 Å². The zero-order chi connectivity index (χ0) is 19.2. The molecular weight excluding hydrogens is 361 g/mol. The van der Waals surface area contributed by atoms with E-state index >= 15 is 0 Å². The lowest BCUT2D eigenvalue weighted by Gasteiger charge is -2.42. The molecule has 4 rings (SSSR count). The highest BCUT2D eigenvalue weighted by Gasteiger charge is 2.55. The number of carbonyl (C=O) groups is 1. The Morgan fingerprint density at radius 2 is 1.74 bits per heavy atom. The van der Waals surface area contributed by atoms with Gasteiger partial charge in [0, 0.05) is 18.7 Å². The van der Waals surface area contributed by atoms with Crippen LogP contribution in [0.15, 0.2) is 42.5 Å². The quantitative estimate of drug-likeness (QED) is 0.844. The normalized spacial score (nSPS) is 23.1. The Morgan fingerprint density at radius 3 is 2.37 bits per heavy atom. The Balaban J connectivity index is 1.98. The number of nitrogens with zero attached hydrogens (tertiary/aromatic N) is 1. The van der Waals surface area contributed by atoms with Crippen molar-refractivity contribution in [3.05, 3.63) is 59.2 Å². The summed E-state index contributed by atoms with van der Waals surface area (Å²) in [4.78, 5) is 15.0. The number of carbonyl (C=O) groups excluding carboxylic acids is 1. The van der Waals surface area contributed by atoms with E-state index in [1.54, 1.807) is 18.2 Å². The Labute approximate surface area is 153 Å². The van der Waals surface area contributed by atoms with Gasteiger partial charge in [-0.15, -0.1) is 0 Å². The SMILES string of the molecule is O=C1Nc2c(C(F)(F)F)cccc2C1(c1ccc(O)cc1)N1CCOCC1. The van der Waals surface area contributed by atoms with Crippen LogP contribution < -0.4 is 5.32 Å². The van der Waals surface area contributed by atoms with Gasteiger partial charge in [-0.1, -0.05) is 24.3 Å². The fraction of sp³-hybridized carbons (Fsp3) is 0.316. The molecule has 1 amide bonds. The van der Waals surface area contributed by atoms with Crippen molar-refractivity contribution in [1.82, 2.24) is 4.90 Å². The van der Waals surface area contributed by atoms with Crippen LogP contribution >= 0.6 is 0 Å². The minimum absolute atomic E-state index is 0.0125. The average molecular weight is 378 g/mol. The first-order valence-corrected chi connectivity index (χ1v) is 8.49. The van der Waals surface area contributed by atoms with E-state index in [1.807, 2.05) is 4.90 Å². The van der Waals surface area contributed by atoms with Gasteiger partial charge < -0.3 is 15.2 Å². The molecule has 0 aromatic heterocycles. The van der Waals surface area contributed by atoms with E-state index in [2.05, 4.69) is 5.32 Å². The Bertz CT molecular complexity index is 877. The van der Waals surface area contributed by atoms with Crippen molar-refractivity contribution in [3.63, 3.8) is 0 Å². The van der Waals surface area contributed by atoms with Gasteiger partial charge in [-0.3, -0.25) is 9.69 Å². The molecule has 8 heteroatoms. The fourth-order valence-electron chi connectivity index (χ4n) is 3.94. The van der Waals surface area contributed by atoms with Gasteiger partial charge in [-0.05, 0) is 23.8 Å². The van der Waals surface area contributed by atoms with Crippen molar-refractivity contribution in [2.75, 3.05) is 31.6 Å². The Kier molecular flexibility index (Phi) is 4.12. The molecule has 2 aromatic rings. The number of amides is 1. The second kappa shape index (κ2) is 6.24. The monoisotopic (exact) mass is 378 g/mol. The summed E-state index contributed by atoms with van der Waals surface area (Å²) in [6, 6.07) is 9.82. The molecule has 2 aromatic carbocycles. The van der Waals surface area contributed by atoms with Crippen molar-refractivity contribution in [2.45, 2.75) is 11.7 Å². The third-order valence-electron chi connectivity index (χ3n) is 5.10. The summed E-state index contributed by atoms with van der Waals surface area (Å²) in [5.74, 6) is -0.527. The molecule has 142 valence electrons. The predicted octanol–water partition coefficient (Wildman–Crippen LogP) is 2.94. The lowest BCUT2D eigenvalue weighted by atomic mass is 9.81. The smallest absolute Gasteiger partial charge is 0.418 e. The molecule has 0 radical (unpaired) electrons. The number of aromatic hydroxyl groups is 1. The van der Waals surface area contributed by atoms with E-state index in [0.717, 1.165) is 6.07 Å². The molecule has 1 unspecified atom stereocenters. The third kappa shape index (κ3) is 2.67. The summed E-state index contributed by atoms with van der Waals surface area (Å²) in [7, 11) is 0. The molecule has 1 fully saturated rings. The van der Waals surface area contributed by atoms with Crippen LogP contribution in [0.2, 0.25) is 0 Å². The number of anilines is 1. The maximum absolute atomic E-state index is 13.5. The number of morpholine rings is 1. The van der Waals surface area contributed by atoms with Crippen molar-refractivity contribution in [3.8, 4) is 5.75 Å². The van der Waals surface area contributed by atoms with Gasteiger partial charge in [0.05, 0.1) is 24.5 Å². The number of fused-ring (bicyclic) bond motifs is 1. The van der Waals surface area contributed by atoms with Crippen LogP contribution in [-0.2, 0) is 21.2 Å². The molecule has 2 aliphatic heterocycles. The van der Waals surface area contributed by atoms with E-state index < -0.39 is 23.2 Å². The van der Waals surface area contributed by atoms with E-state index in [-0.39, 0.29) is 17.0 Å². The number of nitrogens with one attached hydrogen (secondary N) is 1. The highest BCUT2D eigenvalue weighted by atomic mass is 19.4. The second-order valence-corrected chi connectivity index (χ2v) is 6.54. The van der Waals surface area contributed by atoms with Crippen molar-refractivity contribution in [1.29, 1.82) is 0 Å². The minimum Gasteiger partial charge on any atom is -0.508 e. The molecule has 0 bridgehead atoms. The number of phenols is 1. The molecule has 1 saturated heterocycles. The molecule has 2 heterocycles. The number of alkyl halides is 3. The zero-order valence-corrected chi connectivity index (χ0v) is 14.2. The molecule has 0 spiro atoms. The highest BCUT2D eigenvalue weighted by Crippen LogP contribution is 2.50. The van der Waals surface area contributed by atoms with Crippen LogP contribution in [0, 0.1) is 0 Å². The van der Waals surface area contributed by atoms with Gasteiger partial charge >= 0.3 is 6.18 Å². The van der Waals surface area contributed by atoms with E-state index in [9.17, 15) is 23.1 Å². The lowest BCUT2D eigenvalue weighted by Crippen LogP contribution is -2.55. The summed E-state index contributed by atoms with van der Waals surface area (Å²) < 4.78 is 45.9. The van der Waals surface area contributed by atoms with Gasteiger partial charge in [0.1, 0.15) is 5.75 Å². The van der Waals surface area contributed by atoms with Crippen LogP contribution in [0.3, 0.4) is 0 Å². The van der Waals surface area contributed by atoms with Crippen LogP contribution in [0.5, 0.6) is 5.75 Å². The standard InChI is InChI=1S/C19H17F3N2O3/c20-19(21,22)15-3-1-2-14-16(15)23-17(26)18(14,24-8-10-27-11-9-24)12-4-6-13(25)7-5-12/h1-7,25H,8-11H2,(H,23,26). The van der Waals surface area contributed by atoms with Gasteiger partial charge in [-0.25, -0.2) is 0 Å². The summed E-state index contributed by atoms with van der Waals surface area (Å²) in [5, 5.41) is 12.1. The van der Waals surface area contributed by atoms with E-state index in [4.69, 9.17) is 4.74 Å². The van der Waals surface area contributed by atoms with Gasteiger partial charge in [-0.2, -0.15) is 13.2 Å². The molecule has 0 saturated carbocycles. The molecule has 1 atom stereocenters. The summed E-state index contributed by atoms with van der Waals surface area (Å²) in [6.45, 7) is 1.54. The Hall–Kier alpha value is -2.58. The number of hydrogen-bond acceptors (Lipinski definition) is 4. The third-order valence-corrected chi connectivity index (χ3v) is 5.10. The minimum atomic E-state index is -4.59. The maximum atomic E-state index is 13.5. The van der Waals surface area contributed by atoms with Gasteiger partial charge in [0.15, 0.2) is 5.54 Å². The average Bonchev–Trinajstić information content (AvgIpc) is 2.95.